The predicted octanol–water partition coefficient (Wildman–Crippen LogP) is 0.397. The van der Waals surface area contributed by atoms with Crippen LogP contribution in [-0.4, -0.2) is 58.6 Å². The molecule has 0 fully saturated rings. The molecule has 7 heteroatoms. The number of phosphoric ester groups is 1. The molecule has 1 atom stereocenters. The Hall–Kier alpha value is -0.230. The van der Waals surface area contributed by atoms with Crippen molar-refractivity contribution in [1.82, 2.24) is 0 Å². The van der Waals surface area contributed by atoms with Crippen LogP contribution in [0.5, 0.6) is 0 Å². The minimum atomic E-state index is -4.19. The number of hydrogen-bond acceptors (Lipinski definition) is 5. The first-order valence-corrected chi connectivity index (χ1v) is 6.82. The third-order valence-electron chi connectivity index (χ3n) is 1.72. The lowest BCUT2D eigenvalue weighted by molar-refractivity contribution is -0.870. The zero-order valence-electron chi connectivity index (χ0n) is 10.8. The van der Waals surface area contributed by atoms with E-state index in [1.54, 1.807) is 6.08 Å². The van der Waals surface area contributed by atoms with E-state index >= 15 is 0 Å². The maximum atomic E-state index is 11.2. The van der Waals surface area contributed by atoms with Crippen LogP contribution in [0.2, 0.25) is 0 Å². The highest BCUT2D eigenvalue weighted by Gasteiger charge is 2.12. The van der Waals surface area contributed by atoms with Gasteiger partial charge in [-0.2, -0.15) is 0 Å². The van der Waals surface area contributed by atoms with E-state index in [-0.39, 0.29) is 19.8 Å². The Morgan fingerprint density at radius 1 is 1.24 bits per heavy atom. The van der Waals surface area contributed by atoms with Crippen molar-refractivity contribution in [3.05, 3.63) is 12.7 Å². The van der Waals surface area contributed by atoms with Crippen molar-refractivity contribution >= 4 is 7.82 Å². The molecular formula is C10H22NO5P. The first kappa shape index (κ1) is 16.8. The Morgan fingerprint density at radius 2 is 1.82 bits per heavy atom. The summed E-state index contributed by atoms with van der Waals surface area (Å²) in [5.41, 5.74) is 0. The number of rotatable bonds is 10. The largest absolute Gasteiger partial charge is 0.756 e. The molecule has 0 aliphatic rings. The molecule has 0 aliphatic carbocycles. The van der Waals surface area contributed by atoms with E-state index < -0.39 is 7.82 Å². The molecule has 17 heavy (non-hydrogen) atoms. The first-order valence-electron chi connectivity index (χ1n) is 5.36. The summed E-state index contributed by atoms with van der Waals surface area (Å²) >= 11 is 0. The molecule has 0 radical (unpaired) electrons. The lowest BCUT2D eigenvalue weighted by Gasteiger charge is -2.27. The van der Waals surface area contributed by atoms with Crippen LogP contribution in [0.4, 0.5) is 0 Å². The average molecular weight is 267 g/mol. The molecule has 1 unspecified atom stereocenters. The number of phosphoric acid groups is 1. The Bertz CT molecular complexity index is 264. The normalized spacial score (nSPS) is 15.5. The molecule has 0 amide bonds. The Kier molecular flexibility index (Phi) is 7.87. The summed E-state index contributed by atoms with van der Waals surface area (Å²) in [6.45, 7) is 4.68. The summed E-state index contributed by atoms with van der Waals surface area (Å²) in [6, 6.07) is 0. The van der Waals surface area contributed by atoms with E-state index in [1.807, 2.05) is 21.1 Å². The van der Waals surface area contributed by atoms with Crippen molar-refractivity contribution in [2.24, 2.45) is 0 Å². The van der Waals surface area contributed by atoms with Crippen LogP contribution in [0.25, 0.3) is 0 Å². The number of ether oxygens (including phenoxy) is 1. The van der Waals surface area contributed by atoms with E-state index in [2.05, 4.69) is 11.1 Å². The summed E-state index contributed by atoms with van der Waals surface area (Å²) in [5.74, 6) is 0. The molecule has 0 saturated carbocycles. The summed E-state index contributed by atoms with van der Waals surface area (Å²) in [5, 5.41) is 0. The number of nitrogens with zero attached hydrogens (tertiary/aromatic N) is 1. The molecule has 0 spiro atoms. The van der Waals surface area contributed by atoms with Crippen LogP contribution in [0.3, 0.4) is 0 Å². The minimum Gasteiger partial charge on any atom is -0.756 e. The van der Waals surface area contributed by atoms with Crippen LogP contribution in [0.15, 0.2) is 12.7 Å². The zero-order chi connectivity index (χ0) is 13.4. The van der Waals surface area contributed by atoms with Gasteiger partial charge in [0.15, 0.2) is 0 Å². The Balaban J connectivity index is 3.66. The van der Waals surface area contributed by atoms with Gasteiger partial charge in [-0.05, 0) is 0 Å². The standard InChI is InChI=1S/C10H22NO5P/c1-5-7-14-9-10-16-17(12,13)15-8-6-11(2,3)4/h5H,1,6-10H2,2-4H3. The molecule has 0 saturated heterocycles. The first-order chi connectivity index (χ1) is 7.77. The van der Waals surface area contributed by atoms with Gasteiger partial charge in [-0.1, -0.05) is 6.08 Å². The second-order valence-electron chi connectivity index (χ2n) is 4.49. The van der Waals surface area contributed by atoms with Crippen molar-refractivity contribution in [2.45, 2.75) is 0 Å². The van der Waals surface area contributed by atoms with Gasteiger partial charge in [-0.15, -0.1) is 6.58 Å². The number of quaternary nitrogens is 1. The van der Waals surface area contributed by atoms with Gasteiger partial charge in [0.05, 0.1) is 41.0 Å². The Morgan fingerprint density at radius 3 is 2.35 bits per heavy atom. The highest BCUT2D eigenvalue weighted by Crippen LogP contribution is 2.37. The number of likely N-dealkylation sites (N-methyl/N-ethyl adjacent to an activating group) is 1. The van der Waals surface area contributed by atoms with Crippen LogP contribution in [0.1, 0.15) is 0 Å². The molecular weight excluding hydrogens is 245 g/mol. The average Bonchev–Trinajstić information content (AvgIpc) is 2.14. The summed E-state index contributed by atoms with van der Waals surface area (Å²) in [6.07, 6.45) is 1.58. The lowest BCUT2D eigenvalue weighted by Crippen LogP contribution is -2.37. The van der Waals surface area contributed by atoms with E-state index in [0.29, 0.717) is 17.6 Å². The molecule has 0 heterocycles. The van der Waals surface area contributed by atoms with Crippen LogP contribution in [-0.2, 0) is 18.3 Å². The topological polar surface area (TPSA) is 67.8 Å². The van der Waals surface area contributed by atoms with Crippen molar-refractivity contribution in [3.63, 3.8) is 0 Å². The van der Waals surface area contributed by atoms with Gasteiger partial charge in [-0.25, -0.2) is 0 Å². The Labute approximate surface area is 103 Å². The second-order valence-corrected chi connectivity index (χ2v) is 5.90. The van der Waals surface area contributed by atoms with E-state index in [0.717, 1.165) is 0 Å². The van der Waals surface area contributed by atoms with E-state index in [1.165, 1.54) is 0 Å². The molecule has 102 valence electrons. The van der Waals surface area contributed by atoms with Crippen molar-refractivity contribution in [3.8, 4) is 0 Å². The van der Waals surface area contributed by atoms with Gasteiger partial charge in [0.25, 0.3) is 7.82 Å². The van der Waals surface area contributed by atoms with E-state index in [4.69, 9.17) is 9.26 Å². The van der Waals surface area contributed by atoms with Gasteiger partial charge in [0.1, 0.15) is 13.2 Å². The minimum absolute atomic E-state index is 0.0427. The number of hydrogen-bond donors (Lipinski definition) is 0. The third-order valence-corrected chi connectivity index (χ3v) is 2.72. The van der Waals surface area contributed by atoms with Gasteiger partial charge in [0.2, 0.25) is 0 Å². The van der Waals surface area contributed by atoms with Crippen molar-refractivity contribution in [1.29, 1.82) is 0 Å². The highest BCUT2D eigenvalue weighted by molar-refractivity contribution is 7.45. The van der Waals surface area contributed by atoms with Gasteiger partial charge < -0.3 is 23.2 Å². The second kappa shape index (κ2) is 7.97. The SMILES string of the molecule is C=CCOCCOP(=O)([O-])OCC[N+](C)(C)C. The quantitative estimate of drug-likeness (QED) is 0.248. The third kappa shape index (κ3) is 12.0. The molecule has 0 N–H and O–H groups in total. The lowest BCUT2D eigenvalue weighted by atomic mass is 10.5. The van der Waals surface area contributed by atoms with Crippen molar-refractivity contribution in [2.75, 3.05) is 54.1 Å². The molecule has 0 rings (SSSR count). The van der Waals surface area contributed by atoms with Crippen LogP contribution in [0, 0.1) is 0 Å². The molecule has 0 aromatic heterocycles. The highest BCUT2D eigenvalue weighted by atomic mass is 31.2. The molecule has 0 aromatic rings. The van der Waals surface area contributed by atoms with Crippen LogP contribution < -0.4 is 4.89 Å². The maximum Gasteiger partial charge on any atom is 0.268 e. The van der Waals surface area contributed by atoms with Crippen LogP contribution >= 0.6 is 7.82 Å². The predicted molar refractivity (Wildman–Crippen MR) is 63.4 cm³/mol. The monoisotopic (exact) mass is 267 g/mol. The molecule has 0 aliphatic heterocycles. The van der Waals surface area contributed by atoms with E-state index in [9.17, 15) is 9.46 Å². The van der Waals surface area contributed by atoms with Crippen molar-refractivity contribution < 1.29 is 27.7 Å². The summed E-state index contributed by atoms with van der Waals surface area (Å²) in [4.78, 5) is 11.2. The molecule has 6 nitrogen and oxygen atoms in total. The summed E-state index contributed by atoms with van der Waals surface area (Å²) in [7, 11) is 1.65. The fraction of sp³-hybridized carbons (Fsp3) is 0.800. The fourth-order valence-corrected chi connectivity index (χ4v) is 1.52. The van der Waals surface area contributed by atoms with Gasteiger partial charge >= 0.3 is 0 Å². The smallest absolute Gasteiger partial charge is 0.268 e. The summed E-state index contributed by atoms with van der Waals surface area (Å²) < 4.78 is 26.2. The van der Waals surface area contributed by atoms with Gasteiger partial charge in [-0.3, -0.25) is 4.57 Å². The zero-order valence-corrected chi connectivity index (χ0v) is 11.7. The fourth-order valence-electron chi connectivity index (χ4n) is 0.838. The molecule has 0 aromatic carbocycles. The van der Waals surface area contributed by atoms with Gasteiger partial charge in [0, 0.05) is 0 Å². The maximum absolute atomic E-state index is 11.2. The molecule has 0 bridgehead atoms.